The van der Waals surface area contributed by atoms with E-state index >= 15 is 0 Å². The fourth-order valence-corrected chi connectivity index (χ4v) is 4.19. The molecule has 2 fully saturated rings. The second kappa shape index (κ2) is 7.72. The van der Waals surface area contributed by atoms with Gasteiger partial charge in [-0.25, -0.2) is 4.39 Å². The van der Waals surface area contributed by atoms with Gasteiger partial charge in [-0.1, -0.05) is 15.9 Å². The highest BCUT2D eigenvalue weighted by molar-refractivity contribution is 9.10. The van der Waals surface area contributed by atoms with Crippen molar-refractivity contribution in [2.24, 2.45) is 11.7 Å². The second-order valence-corrected chi connectivity index (χ2v) is 7.78. The highest BCUT2D eigenvalue weighted by atomic mass is 79.9. The number of amides is 2. The number of nitrogens with zero attached hydrogens (tertiary/aromatic N) is 2. The van der Waals surface area contributed by atoms with Gasteiger partial charge in [0.15, 0.2) is 0 Å². The Morgan fingerprint density at radius 2 is 1.80 bits per heavy atom. The van der Waals surface area contributed by atoms with Crippen LogP contribution in [0.2, 0.25) is 0 Å². The van der Waals surface area contributed by atoms with Crippen molar-refractivity contribution in [1.82, 2.24) is 4.90 Å². The maximum absolute atomic E-state index is 14.1. The number of nitrogens with two attached hydrogens (primary N) is 1. The van der Waals surface area contributed by atoms with Gasteiger partial charge in [0.1, 0.15) is 5.82 Å². The third-order valence-electron chi connectivity index (χ3n) is 5.16. The van der Waals surface area contributed by atoms with Crippen molar-refractivity contribution < 1.29 is 14.0 Å². The highest BCUT2D eigenvalue weighted by Gasteiger charge is 2.27. The lowest BCUT2D eigenvalue weighted by molar-refractivity contribution is -0.131. The topological polar surface area (TPSA) is 66.6 Å². The zero-order chi connectivity index (χ0) is 18.0. The first-order valence-corrected chi connectivity index (χ1v) is 9.56. The molecule has 0 saturated carbocycles. The molecule has 0 radical (unpaired) electrons. The van der Waals surface area contributed by atoms with Gasteiger partial charge in [0, 0.05) is 37.1 Å². The van der Waals surface area contributed by atoms with Crippen molar-refractivity contribution in [3.63, 3.8) is 0 Å². The first-order chi connectivity index (χ1) is 12.0. The van der Waals surface area contributed by atoms with Gasteiger partial charge in [0.2, 0.25) is 5.91 Å². The van der Waals surface area contributed by atoms with Crippen LogP contribution in [0, 0.1) is 11.7 Å². The molecule has 1 aromatic rings. The lowest BCUT2D eigenvalue weighted by Crippen LogP contribution is -2.37. The molecule has 2 heterocycles. The highest BCUT2D eigenvalue weighted by Crippen LogP contribution is 2.32. The average Bonchev–Trinajstić information content (AvgIpc) is 3.09. The van der Waals surface area contributed by atoms with Gasteiger partial charge in [0.05, 0.1) is 11.3 Å². The minimum Gasteiger partial charge on any atom is -0.371 e. The van der Waals surface area contributed by atoms with E-state index in [1.807, 2.05) is 9.80 Å². The number of carbonyl (C=O) groups is 2. The van der Waals surface area contributed by atoms with Gasteiger partial charge < -0.3 is 15.5 Å². The van der Waals surface area contributed by atoms with Gasteiger partial charge >= 0.3 is 0 Å². The average molecular weight is 412 g/mol. The molecule has 2 amide bonds. The van der Waals surface area contributed by atoms with Crippen molar-refractivity contribution in [3.8, 4) is 0 Å². The van der Waals surface area contributed by atoms with Crippen molar-refractivity contribution in [2.75, 3.05) is 31.1 Å². The van der Waals surface area contributed by atoms with Crippen molar-refractivity contribution in [1.29, 1.82) is 0 Å². The summed E-state index contributed by atoms with van der Waals surface area (Å²) in [5, 5.41) is 0. The number of hydrogen-bond acceptors (Lipinski definition) is 3. The quantitative estimate of drug-likeness (QED) is 0.827. The lowest BCUT2D eigenvalue weighted by Gasteiger charge is -2.35. The maximum atomic E-state index is 14.1. The number of benzene rings is 1. The molecule has 0 aliphatic carbocycles. The van der Waals surface area contributed by atoms with Gasteiger partial charge in [-0.3, -0.25) is 9.59 Å². The van der Waals surface area contributed by atoms with Crippen LogP contribution >= 0.6 is 15.9 Å². The molecule has 0 spiro atoms. The fourth-order valence-electron chi connectivity index (χ4n) is 3.77. The third kappa shape index (κ3) is 4.14. The van der Waals surface area contributed by atoms with Gasteiger partial charge in [-0.15, -0.1) is 0 Å². The molecule has 0 atom stereocenters. The van der Waals surface area contributed by atoms with E-state index in [0.29, 0.717) is 35.6 Å². The number of primary amides is 1. The number of hydrogen-bond donors (Lipinski definition) is 1. The molecule has 5 nitrogen and oxygen atoms in total. The van der Waals surface area contributed by atoms with E-state index in [4.69, 9.17) is 5.73 Å². The van der Waals surface area contributed by atoms with E-state index in [-0.39, 0.29) is 11.5 Å². The van der Waals surface area contributed by atoms with Crippen LogP contribution in [-0.4, -0.2) is 42.9 Å². The fraction of sp³-hybridized carbons (Fsp3) is 0.556. The summed E-state index contributed by atoms with van der Waals surface area (Å²) in [5.74, 6) is -0.768. The molecule has 7 heteroatoms. The molecule has 2 N–H and O–H groups in total. The normalized spacial score (nSPS) is 18.6. The summed E-state index contributed by atoms with van der Waals surface area (Å²) in [6.07, 6.45) is 4.50. The lowest BCUT2D eigenvalue weighted by atomic mass is 9.92. The Labute approximate surface area is 155 Å². The Hall–Kier alpha value is -1.63. The second-order valence-electron chi connectivity index (χ2n) is 6.87. The van der Waals surface area contributed by atoms with Crippen LogP contribution in [0.25, 0.3) is 0 Å². The molecule has 1 aromatic carbocycles. The van der Waals surface area contributed by atoms with E-state index < -0.39 is 11.7 Å². The van der Waals surface area contributed by atoms with Crippen molar-refractivity contribution in [2.45, 2.75) is 32.1 Å². The Morgan fingerprint density at radius 3 is 2.40 bits per heavy atom. The summed E-state index contributed by atoms with van der Waals surface area (Å²) in [6, 6.07) is 2.99. The minimum absolute atomic E-state index is 0.0604. The van der Waals surface area contributed by atoms with E-state index in [2.05, 4.69) is 15.9 Å². The molecule has 0 bridgehead atoms. The molecule has 2 aliphatic heterocycles. The summed E-state index contributed by atoms with van der Waals surface area (Å²) in [4.78, 5) is 27.9. The molecule has 136 valence electrons. The maximum Gasteiger partial charge on any atom is 0.253 e. The van der Waals surface area contributed by atoms with Crippen LogP contribution < -0.4 is 10.6 Å². The van der Waals surface area contributed by atoms with Crippen molar-refractivity contribution >= 4 is 33.4 Å². The van der Waals surface area contributed by atoms with Crippen LogP contribution in [0.4, 0.5) is 10.1 Å². The molecule has 3 rings (SSSR count). The molecule has 2 aliphatic rings. The monoisotopic (exact) mass is 411 g/mol. The van der Waals surface area contributed by atoms with Gasteiger partial charge in [-0.2, -0.15) is 0 Å². The Bertz CT molecular complexity index is 669. The van der Waals surface area contributed by atoms with Gasteiger partial charge in [-0.05, 0) is 43.7 Å². The number of rotatable bonds is 4. The zero-order valence-corrected chi connectivity index (χ0v) is 15.7. The SMILES string of the molecule is NC(=O)c1c(F)cc(Br)cc1N1CCC(CC(=O)N2CCCC2)CC1. The molecule has 25 heavy (non-hydrogen) atoms. The summed E-state index contributed by atoms with van der Waals surface area (Å²) in [5.41, 5.74) is 5.83. The summed E-state index contributed by atoms with van der Waals surface area (Å²) in [6.45, 7) is 3.15. The molecular weight excluding hydrogens is 389 g/mol. The number of halogens is 2. The Balaban J connectivity index is 1.64. The summed E-state index contributed by atoms with van der Waals surface area (Å²) >= 11 is 3.28. The van der Waals surface area contributed by atoms with Crippen LogP contribution in [0.1, 0.15) is 42.5 Å². The van der Waals surface area contributed by atoms with E-state index in [1.165, 1.54) is 6.07 Å². The van der Waals surface area contributed by atoms with E-state index in [9.17, 15) is 14.0 Å². The van der Waals surface area contributed by atoms with Crippen LogP contribution in [0.5, 0.6) is 0 Å². The van der Waals surface area contributed by atoms with E-state index in [0.717, 1.165) is 38.8 Å². The molecule has 0 unspecified atom stereocenters. The molecule has 0 aromatic heterocycles. The first kappa shape index (κ1) is 18.2. The predicted molar refractivity (Wildman–Crippen MR) is 98.0 cm³/mol. The summed E-state index contributed by atoms with van der Waals surface area (Å²) < 4.78 is 14.7. The largest absolute Gasteiger partial charge is 0.371 e. The zero-order valence-electron chi connectivity index (χ0n) is 14.1. The molecular formula is C18H23BrFN3O2. The smallest absolute Gasteiger partial charge is 0.253 e. The first-order valence-electron chi connectivity index (χ1n) is 8.77. The predicted octanol–water partition coefficient (Wildman–Crippen LogP) is 2.92. The van der Waals surface area contributed by atoms with Crippen molar-refractivity contribution in [3.05, 3.63) is 28.0 Å². The van der Waals surface area contributed by atoms with Crippen LogP contribution in [-0.2, 0) is 4.79 Å². The molecule has 2 saturated heterocycles. The number of likely N-dealkylation sites (tertiary alicyclic amines) is 1. The number of piperidine rings is 1. The Morgan fingerprint density at radius 1 is 1.16 bits per heavy atom. The van der Waals surface area contributed by atoms with E-state index in [1.54, 1.807) is 6.07 Å². The number of carbonyl (C=O) groups excluding carboxylic acids is 2. The Kier molecular flexibility index (Phi) is 5.61. The summed E-state index contributed by atoms with van der Waals surface area (Å²) in [7, 11) is 0. The van der Waals surface area contributed by atoms with Crippen LogP contribution in [0.15, 0.2) is 16.6 Å². The minimum atomic E-state index is -0.758. The number of anilines is 1. The van der Waals surface area contributed by atoms with Crippen LogP contribution in [0.3, 0.4) is 0 Å². The van der Waals surface area contributed by atoms with Gasteiger partial charge in [0.25, 0.3) is 5.91 Å². The standard InChI is InChI=1S/C18H23BrFN3O2/c19-13-10-14(20)17(18(21)25)15(11-13)22-7-3-12(4-8-22)9-16(24)23-5-1-2-6-23/h10-12H,1-9H2,(H2,21,25). The third-order valence-corrected chi connectivity index (χ3v) is 5.62.